The van der Waals surface area contributed by atoms with Crippen LogP contribution < -0.4 is 5.73 Å². The van der Waals surface area contributed by atoms with Gasteiger partial charge in [-0.1, -0.05) is 25.0 Å². The molecular weight excluding hydrogens is 314 g/mol. The number of hydrogen-bond donors (Lipinski definition) is 1. The zero-order chi connectivity index (χ0) is 13.2. The minimum absolute atomic E-state index is 0.0785. The van der Waals surface area contributed by atoms with Crippen LogP contribution in [-0.2, 0) is 15.6 Å². The van der Waals surface area contributed by atoms with Crippen LogP contribution in [0.5, 0.6) is 0 Å². The van der Waals surface area contributed by atoms with Gasteiger partial charge in [-0.05, 0) is 46.3 Å². The predicted octanol–water partition coefficient (Wildman–Crippen LogP) is 3.14. The summed E-state index contributed by atoms with van der Waals surface area (Å²) < 4.78 is 25.0. The van der Waals surface area contributed by atoms with Crippen molar-refractivity contribution in [3.8, 4) is 0 Å². The third-order valence-corrected chi connectivity index (χ3v) is 6.15. The molecule has 1 aliphatic carbocycles. The molecule has 100 valence electrons. The summed E-state index contributed by atoms with van der Waals surface area (Å²) in [6, 6.07) is 5.37. The maximum absolute atomic E-state index is 12.2. The molecule has 0 bridgehead atoms. The molecule has 0 spiro atoms. The summed E-state index contributed by atoms with van der Waals surface area (Å²) in [6.07, 6.45) is 4.44. The van der Waals surface area contributed by atoms with E-state index < -0.39 is 9.84 Å². The van der Waals surface area contributed by atoms with Crippen LogP contribution in [0, 0.1) is 5.92 Å². The van der Waals surface area contributed by atoms with E-state index in [4.69, 9.17) is 5.73 Å². The Morgan fingerprint density at radius 1 is 1.28 bits per heavy atom. The second-order valence-electron chi connectivity index (χ2n) is 5.03. The fraction of sp³-hybridized carbons (Fsp3) is 0.538. The lowest BCUT2D eigenvalue weighted by Crippen LogP contribution is -2.16. The number of halogens is 1. The SMILES string of the molecule is Nc1cccc(CS(=O)(=O)CC2CCCC2)c1Br. The van der Waals surface area contributed by atoms with Crippen molar-refractivity contribution in [1.29, 1.82) is 0 Å². The second-order valence-corrected chi connectivity index (χ2v) is 7.93. The van der Waals surface area contributed by atoms with Crippen molar-refractivity contribution in [2.45, 2.75) is 31.4 Å². The monoisotopic (exact) mass is 331 g/mol. The van der Waals surface area contributed by atoms with E-state index in [0.717, 1.165) is 18.4 Å². The van der Waals surface area contributed by atoms with E-state index in [-0.39, 0.29) is 5.75 Å². The molecular formula is C13H18BrNO2S. The average Bonchev–Trinajstić information content (AvgIpc) is 2.76. The molecule has 2 N–H and O–H groups in total. The first-order valence-electron chi connectivity index (χ1n) is 6.21. The van der Waals surface area contributed by atoms with Crippen molar-refractivity contribution in [1.82, 2.24) is 0 Å². The topological polar surface area (TPSA) is 60.2 Å². The largest absolute Gasteiger partial charge is 0.398 e. The van der Waals surface area contributed by atoms with Crippen molar-refractivity contribution in [3.05, 3.63) is 28.2 Å². The number of rotatable bonds is 4. The van der Waals surface area contributed by atoms with E-state index >= 15 is 0 Å². The van der Waals surface area contributed by atoms with E-state index in [1.165, 1.54) is 12.8 Å². The first kappa shape index (κ1) is 13.9. The number of hydrogen-bond acceptors (Lipinski definition) is 3. The highest BCUT2D eigenvalue weighted by Crippen LogP contribution is 2.29. The first-order valence-corrected chi connectivity index (χ1v) is 8.83. The molecule has 0 unspecified atom stereocenters. The van der Waals surface area contributed by atoms with Gasteiger partial charge in [0, 0.05) is 10.2 Å². The predicted molar refractivity (Wildman–Crippen MR) is 78.0 cm³/mol. The molecule has 0 aliphatic heterocycles. The normalized spacial score (nSPS) is 17.2. The maximum atomic E-state index is 12.2. The van der Waals surface area contributed by atoms with Crippen molar-refractivity contribution < 1.29 is 8.42 Å². The number of benzene rings is 1. The quantitative estimate of drug-likeness (QED) is 0.862. The number of sulfone groups is 1. The molecule has 1 saturated carbocycles. The standard InChI is InChI=1S/C13H18BrNO2S/c14-13-11(6-3-7-12(13)15)9-18(16,17)8-10-4-1-2-5-10/h3,6-7,10H,1-2,4-5,8-9,15H2. The maximum Gasteiger partial charge on any atom is 0.154 e. The van der Waals surface area contributed by atoms with Gasteiger partial charge in [0.15, 0.2) is 9.84 Å². The number of anilines is 1. The zero-order valence-corrected chi connectivity index (χ0v) is 12.6. The molecule has 0 heterocycles. The van der Waals surface area contributed by atoms with Gasteiger partial charge in [0.2, 0.25) is 0 Å². The molecule has 5 heteroatoms. The molecule has 0 aromatic heterocycles. The Hall–Kier alpha value is -0.550. The summed E-state index contributed by atoms with van der Waals surface area (Å²) in [5, 5.41) is 0. The minimum atomic E-state index is -3.04. The molecule has 1 aliphatic rings. The third kappa shape index (κ3) is 3.48. The van der Waals surface area contributed by atoms with Crippen LogP contribution in [-0.4, -0.2) is 14.2 Å². The lowest BCUT2D eigenvalue weighted by molar-refractivity contribution is 0.558. The molecule has 0 atom stereocenters. The first-order chi connectivity index (χ1) is 8.48. The highest BCUT2D eigenvalue weighted by Gasteiger charge is 2.23. The van der Waals surface area contributed by atoms with Gasteiger partial charge in [-0.2, -0.15) is 0 Å². The van der Waals surface area contributed by atoms with Crippen molar-refractivity contribution in [2.24, 2.45) is 5.92 Å². The Morgan fingerprint density at radius 3 is 2.61 bits per heavy atom. The van der Waals surface area contributed by atoms with Crippen molar-refractivity contribution in [2.75, 3.05) is 11.5 Å². The summed E-state index contributed by atoms with van der Waals surface area (Å²) in [7, 11) is -3.04. The van der Waals surface area contributed by atoms with Crippen LogP contribution >= 0.6 is 15.9 Å². The van der Waals surface area contributed by atoms with Crippen LogP contribution in [0.3, 0.4) is 0 Å². The van der Waals surface area contributed by atoms with E-state index in [0.29, 0.717) is 21.8 Å². The van der Waals surface area contributed by atoms with Gasteiger partial charge in [0.1, 0.15) is 0 Å². The summed E-state index contributed by atoms with van der Waals surface area (Å²) in [5.74, 6) is 0.749. The van der Waals surface area contributed by atoms with E-state index in [1.807, 2.05) is 6.07 Å². The Kier molecular flexibility index (Phi) is 4.33. The summed E-state index contributed by atoms with van der Waals surface area (Å²) in [4.78, 5) is 0. The molecule has 1 aromatic carbocycles. The fourth-order valence-electron chi connectivity index (χ4n) is 2.54. The van der Waals surface area contributed by atoms with Crippen molar-refractivity contribution >= 4 is 31.5 Å². The molecule has 1 fully saturated rings. The average molecular weight is 332 g/mol. The molecule has 0 amide bonds. The van der Waals surface area contributed by atoms with E-state index in [9.17, 15) is 8.42 Å². The summed E-state index contributed by atoms with van der Waals surface area (Å²) in [5.41, 5.74) is 7.11. The minimum Gasteiger partial charge on any atom is -0.398 e. The van der Waals surface area contributed by atoms with E-state index in [1.54, 1.807) is 12.1 Å². The Balaban J connectivity index is 2.09. The molecule has 18 heavy (non-hydrogen) atoms. The second kappa shape index (κ2) is 5.61. The highest BCUT2D eigenvalue weighted by atomic mass is 79.9. The summed E-state index contributed by atoms with van der Waals surface area (Å²) >= 11 is 3.36. The fourth-order valence-corrected chi connectivity index (χ4v) is 5.02. The van der Waals surface area contributed by atoms with Crippen molar-refractivity contribution in [3.63, 3.8) is 0 Å². The van der Waals surface area contributed by atoms with Gasteiger partial charge in [-0.3, -0.25) is 0 Å². The van der Waals surface area contributed by atoms with Gasteiger partial charge >= 0.3 is 0 Å². The number of nitrogens with two attached hydrogens (primary N) is 1. The van der Waals surface area contributed by atoms with Crippen LogP contribution in [0.4, 0.5) is 5.69 Å². The van der Waals surface area contributed by atoms with Gasteiger partial charge in [0.05, 0.1) is 11.5 Å². The van der Waals surface area contributed by atoms with Crippen LogP contribution in [0.25, 0.3) is 0 Å². The number of nitrogen functional groups attached to an aromatic ring is 1. The zero-order valence-electron chi connectivity index (χ0n) is 10.2. The van der Waals surface area contributed by atoms with Gasteiger partial charge in [0.25, 0.3) is 0 Å². The van der Waals surface area contributed by atoms with Gasteiger partial charge < -0.3 is 5.73 Å². The Labute approximate surface area is 117 Å². The summed E-state index contributed by atoms with van der Waals surface area (Å²) in [6.45, 7) is 0. The van der Waals surface area contributed by atoms with E-state index in [2.05, 4.69) is 15.9 Å². The highest BCUT2D eigenvalue weighted by molar-refractivity contribution is 9.10. The molecule has 0 radical (unpaired) electrons. The molecule has 3 nitrogen and oxygen atoms in total. The van der Waals surface area contributed by atoms with Gasteiger partial charge in [-0.15, -0.1) is 0 Å². The van der Waals surface area contributed by atoms with Crippen LogP contribution in [0.1, 0.15) is 31.2 Å². The third-order valence-electron chi connectivity index (χ3n) is 3.45. The molecule has 1 aromatic rings. The van der Waals surface area contributed by atoms with Crippen LogP contribution in [0.2, 0.25) is 0 Å². The lowest BCUT2D eigenvalue weighted by atomic mass is 10.1. The molecule has 2 rings (SSSR count). The molecule has 0 saturated heterocycles. The lowest BCUT2D eigenvalue weighted by Gasteiger charge is -2.11. The smallest absolute Gasteiger partial charge is 0.154 e. The Morgan fingerprint density at radius 2 is 1.94 bits per heavy atom. The van der Waals surface area contributed by atoms with Crippen LogP contribution in [0.15, 0.2) is 22.7 Å². The Bertz CT molecular complexity index is 522. The van der Waals surface area contributed by atoms with Gasteiger partial charge in [-0.25, -0.2) is 8.42 Å².